The average molecular weight is 254 g/mol. The topological polar surface area (TPSA) is 29.3 Å². The van der Waals surface area contributed by atoms with Crippen molar-refractivity contribution in [3.05, 3.63) is 23.8 Å². The van der Waals surface area contributed by atoms with Crippen LogP contribution in [0.1, 0.15) is 33.1 Å². The van der Waals surface area contributed by atoms with Gasteiger partial charge < -0.3 is 10.6 Å². The third-order valence-electron chi connectivity index (χ3n) is 3.70. The molecule has 1 heterocycles. The first-order valence-electron chi connectivity index (χ1n) is 6.38. The van der Waals surface area contributed by atoms with Crippen LogP contribution in [0, 0.1) is 17.0 Å². The number of nitrogens with zero attached hydrogens (tertiary/aromatic N) is 1. The van der Waals surface area contributed by atoms with Crippen LogP contribution in [-0.2, 0) is 0 Å². The standard InChI is InChI=1S/C14H20F2N2/c1-14(2)4-3-6-18(7-5-14)13-11(15)8-10(17)9-12(13)16/h8-9H,3-7,17H2,1-2H3. The van der Waals surface area contributed by atoms with Crippen molar-refractivity contribution in [2.24, 2.45) is 5.41 Å². The van der Waals surface area contributed by atoms with Gasteiger partial charge in [-0.05, 0) is 36.8 Å². The van der Waals surface area contributed by atoms with Gasteiger partial charge >= 0.3 is 0 Å². The van der Waals surface area contributed by atoms with Crippen LogP contribution in [0.4, 0.5) is 20.2 Å². The molecule has 0 aliphatic carbocycles. The Kier molecular flexibility index (Phi) is 3.46. The van der Waals surface area contributed by atoms with E-state index in [0.29, 0.717) is 13.1 Å². The van der Waals surface area contributed by atoms with E-state index in [2.05, 4.69) is 13.8 Å². The van der Waals surface area contributed by atoms with Crippen LogP contribution in [0.15, 0.2) is 12.1 Å². The predicted octanol–water partition coefficient (Wildman–Crippen LogP) is 3.56. The predicted molar refractivity (Wildman–Crippen MR) is 70.6 cm³/mol. The third kappa shape index (κ3) is 2.74. The Morgan fingerprint density at radius 3 is 2.33 bits per heavy atom. The molecule has 0 atom stereocenters. The van der Waals surface area contributed by atoms with Gasteiger partial charge in [0.15, 0.2) is 11.6 Å². The van der Waals surface area contributed by atoms with E-state index < -0.39 is 11.6 Å². The number of benzene rings is 1. The molecule has 0 amide bonds. The maximum atomic E-state index is 13.9. The number of halogens is 2. The lowest BCUT2D eigenvalue weighted by Crippen LogP contribution is -2.27. The lowest BCUT2D eigenvalue weighted by Gasteiger charge is -2.25. The molecule has 0 saturated carbocycles. The van der Waals surface area contributed by atoms with Gasteiger partial charge in [0.05, 0.1) is 0 Å². The van der Waals surface area contributed by atoms with E-state index in [1.165, 1.54) is 12.1 Å². The Morgan fingerprint density at radius 1 is 1.11 bits per heavy atom. The zero-order valence-electron chi connectivity index (χ0n) is 11.0. The van der Waals surface area contributed by atoms with E-state index in [4.69, 9.17) is 5.73 Å². The smallest absolute Gasteiger partial charge is 0.151 e. The van der Waals surface area contributed by atoms with Crippen molar-refractivity contribution in [3.8, 4) is 0 Å². The Hall–Kier alpha value is -1.32. The first-order chi connectivity index (χ1) is 8.39. The molecule has 2 N–H and O–H groups in total. The van der Waals surface area contributed by atoms with Crippen molar-refractivity contribution < 1.29 is 8.78 Å². The number of hydrogen-bond acceptors (Lipinski definition) is 2. The molecule has 1 saturated heterocycles. The van der Waals surface area contributed by atoms with Crippen LogP contribution in [-0.4, -0.2) is 13.1 Å². The van der Waals surface area contributed by atoms with Crippen LogP contribution in [0.3, 0.4) is 0 Å². The van der Waals surface area contributed by atoms with Gasteiger partial charge in [0, 0.05) is 18.8 Å². The van der Waals surface area contributed by atoms with Gasteiger partial charge in [0.2, 0.25) is 0 Å². The normalized spacial score (nSPS) is 19.7. The van der Waals surface area contributed by atoms with Crippen molar-refractivity contribution in [1.29, 1.82) is 0 Å². The lowest BCUT2D eigenvalue weighted by molar-refractivity contribution is 0.325. The van der Waals surface area contributed by atoms with Gasteiger partial charge in [0.1, 0.15) is 5.69 Å². The SMILES string of the molecule is CC1(C)CCCN(c2c(F)cc(N)cc2F)CC1. The van der Waals surface area contributed by atoms with Gasteiger partial charge in [-0.1, -0.05) is 13.8 Å². The molecule has 4 heteroatoms. The highest BCUT2D eigenvalue weighted by molar-refractivity contribution is 5.56. The lowest BCUT2D eigenvalue weighted by atomic mass is 9.85. The molecule has 1 fully saturated rings. The molecule has 1 aliphatic heterocycles. The van der Waals surface area contributed by atoms with E-state index in [9.17, 15) is 8.78 Å². The third-order valence-corrected chi connectivity index (χ3v) is 3.70. The maximum absolute atomic E-state index is 13.9. The second-order valence-electron chi connectivity index (χ2n) is 5.84. The molecule has 0 aromatic heterocycles. The Morgan fingerprint density at radius 2 is 1.72 bits per heavy atom. The van der Waals surface area contributed by atoms with E-state index in [1.54, 1.807) is 4.90 Å². The Labute approximate surface area is 107 Å². The minimum absolute atomic E-state index is 0.0712. The molecule has 18 heavy (non-hydrogen) atoms. The molecule has 2 rings (SSSR count). The van der Waals surface area contributed by atoms with Gasteiger partial charge in [-0.15, -0.1) is 0 Å². The monoisotopic (exact) mass is 254 g/mol. The largest absolute Gasteiger partial charge is 0.399 e. The van der Waals surface area contributed by atoms with Crippen molar-refractivity contribution in [2.75, 3.05) is 23.7 Å². The second-order valence-corrected chi connectivity index (χ2v) is 5.84. The van der Waals surface area contributed by atoms with Crippen LogP contribution >= 0.6 is 0 Å². The molecule has 0 spiro atoms. The van der Waals surface area contributed by atoms with Crippen LogP contribution in [0.5, 0.6) is 0 Å². The molecule has 1 aromatic rings. The molecule has 2 nitrogen and oxygen atoms in total. The summed E-state index contributed by atoms with van der Waals surface area (Å²) in [6, 6.07) is 2.38. The molecular weight excluding hydrogens is 234 g/mol. The Bertz CT molecular complexity index is 420. The van der Waals surface area contributed by atoms with Crippen molar-refractivity contribution in [2.45, 2.75) is 33.1 Å². The van der Waals surface area contributed by atoms with Gasteiger partial charge in [-0.3, -0.25) is 0 Å². The number of anilines is 2. The summed E-state index contributed by atoms with van der Waals surface area (Å²) < 4.78 is 27.7. The minimum Gasteiger partial charge on any atom is -0.399 e. The highest BCUT2D eigenvalue weighted by Gasteiger charge is 2.26. The van der Waals surface area contributed by atoms with Gasteiger partial charge in [0.25, 0.3) is 0 Å². The number of nitrogen functional groups attached to an aromatic ring is 1. The fourth-order valence-electron chi connectivity index (χ4n) is 2.53. The van der Waals surface area contributed by atoms with Gasteiger partial charge in [-0.2, -0.15) is 0 Å². The molecule has 1 aliphatic rings. The number of rotatable bonds is 1. The fraction of sp³-hybridized carbons (Fsp3) is 0.571. The van der Waals surface area contributed by atoms with Crippen molar-refractivity contribution >= 4 is 11.4 Å². The number of hydrogen-bond donors (Lipinski definition) is 1. The first-order valence-corrected chi connectivity index (χ1v) is 6.38. The Balaban J connectivity index is 2.27. The van der Waals surface area contributed by atoms with E-state index in [1.807, 2.05) is 0 Å². The molecule has 0 radical (unpaired) electrons. The zero-order valence-corrected chi connectivity index (χ0v) is 11.0. The average Bonchev–Trinajstić information content (AvgIpc) is 2.39. The molecule has 100 valence electrons. The summed E-state index contributed by atoms with van der Waals surface area (Å²) in [6.45, 7) is 5.78. The van der Waals surface area contributed by atoms with Crippen LogP contribution < -0.4 is 10.6 Å². The summed E-state index contributed by atoms with van der Waals surface area (Å²) in [7, 11) is 0. The number of nitrogens with two attached hydrogens (primary N) is 1. The maximum Gasteiger partial charge on any atom is 0.151 e. The summed E-state index contributed by atoms with van der Waals surface area (Å²) >= 11 is 0. The van der Waals surface area contributed by atoms with Crippen LogP contribution in [0.25, 0.3) is 0 Å². The highest BCUT2D eigenvalue weighted by Crippen LogP contribution is 2.34. The van der Waals surface area contributed by atoms with E-state index >= 15 is 0 Å². The summed E-state index contributed by atoms with van der Waals surface area (Å²) in [4.78, 5) is 1.80. The van der Waals surface area contributed by atoms with Crippen molar-refractivity contribution in [1.82, 2.24) is 0 Å². The zero-order chi connectivity index (χ0) is 13.3. The molecule has 0 unspecified atom stereocenters. The molecule has 0 bridgehead atoms. The quantitative estimate of drug-likeness (QED) is 0.776. The molecule has 1 aromatic carbocycles. The summed E-state index contributed by atoms with van der Waals surface area (Å²) in [5.74, 6) is -1.13. The first kappa shape index (κ1) is 13.1. The second kappa shape index (κ2) is 4.75. The molecular formula is C14H20F2N2. The minimum atomic E-state index is -0.563. The van der Waals surface area contributed by atoms with Crippen molar-refractivity contribution in [3.63, 3.8) is 0 Å². The summed E-state index contributed by atoms with van der Waals surface area (Å²) in [6.07, 6.45) is 2.98. The van der Waals surface area contributed by atoms with E-state index in [0.717, 1.165) is 19.3 Å². The fourth-order valence-corrected chi connectivity index (χ4v) is 2.53. The summed E-state index contributed by atoms with van der Waals surface area (Å²) in [5, 5.41) is 0. The summed E-state index contributed by atoms with van der Waals surface area (Å²) in [5.41, 5.74) is 5.88. The highest BCUT2D eigenvalue weighted by atomic mass is 19.1. The van der Waals surface area contributed by atoms with Gasteiger partial charge in [-0.25, -0.2) is 8.78 Å². The van der Waals surface area contributed by atoms with E-state index in [-0.39, 0.29) is 16.8 Å². The van der Waals surface area contributed by atoms with Crippen LogP contribution in [0.2, 0.25) is 0 Å².